The minimum Gasteiger partial charge on any atom is -0.383 e. The van der Waals surface area contributed by atoms with Crippen LogP contribution in [-0.2, 0) is 24.7 Å². The largest absolute Gasteiger partial charge is 0.383 e. The fourth-order valence-electron chi connectivity index (χ4n) is 5.64. The molecule has 4 aliphatic rings. The molecule has 142 valence electrons. The number of halogens is 1. The SMILES string of the molecule is COCCN1C(=O)[C@H]2[C@@H](C1=O)[C@]1(C(=O)Nc3ccc(Cl)cc31)N1CCC[C@@H]21. The normalized spacial score (nSPS) is 34.4. The van der Waals surface area contributed by atoms with E-state index in [1.165, 1.54) is 12.0 Å². The van der Waals surface area contributed by atoms with Crippen molar-refractivity contribution in [3.63, 3.8) is 0 Å². The first-order valence-corrected chi connectivity index (χ1v) is 9.62. The van der Waals surface area contributed by atoms with Crippen molar-refractivity contribution >= 4 is 35.0 Å². The number of likely N-dealkylation sites (tertiary alicyclic amines) is 1. The lowest BCUT2D eigenvalue weighted by Crippen LogP contribution is -2.54. The Morgan fingerprint density at radius 3 is 2.89 bits per heavy atom. The Morgan fingerprint density at radius 1 is 1.30 bits per heavy atom. The molecule has 3 amide bonds. The second kappa shape index (κ2) is 5.77. The number of nitrogens with zero attached hydrogens (tertiary/aromatic N) is 2. The van der Waals surface area contributed by atoms with Crippen molar-refractivity contribution in [2.24, 2.45) is 11.8 Å². The lowest BCUT2D eigenvalue weighted by Gasteiger charge is -2.36. The van der Waals surface area contributed by atoms with Crippen molar-refractivity contribution in [1.29, 1.82) is 0 Å². The molecule has 3 fully saturated rings. The first-order chi connectivity index (χ1) is 13.0. The van der Waals surface area contributed by atoms with Gasteiger partial charge in [-0.05, 0) is 37.6 Å². The lowest BCUT2D eigenvalue weighted by atomic mass is 9.75. The molecule has 8 heteroatoms. The highest BCUT2D eigenvalue weighted by Crippen LogP contribution is 2.60. The van der Waals surface area contributed by atoms with Crippen LogP contribution in [-0.4, -0.2) is 60.4 Å². The number of methoxy groups -OCH3 is 1. The molecule has 1 N–H and O–H groups in total. The van der Waals surface area contributed by atoms with Crippen LogP contribution in [0.1, 0.15) is 18.4 Å². The van der Waals surface area contributed by atoms with Gasteiger partial charge in [0.2, 0.25) is 17.7 Å². The molecular formula is C19H20ClN3O4. The van der Waals surface area contributed by atoms with Gasteiger partial charge >= 0.3 is 0 Å². The highest BCUT2D eigenvalue weighted by Gasteiger charge is 2.74. The molecule has 0 aliphatic carbocycles. The average molecular weight is 390 g/mol. The molecule has 7 nitrogen and oxygen atoms in total. The van der Waals surface area contributed by atoms with Gasteiger partial charge in [-0.25, -0.2) is 0 Å². The number of carbonyl (C=O) groups is 3. The standard InChI is InChI=1S/C19H20ClN3O4/c1-27-8-7-22-16(24)14-13-3-2-6-23(13)19(15(14)17(22)25)11-9-10(20)4-5-12(11)21-18(19)26/h4-5,9,13-15H,2-3,6-8H2,1H3,(H,21,26)/t13-,14+,15-,19+/m0/s1. The fourth-order valence-corrected chi connectivity index (χ4v) is 5.81. The number of imide groups is 1. The van der Waals surface area contributed by atoms with Crippen molar-refractivity contribution in [2.75, 3.05) is 32.1 Å². The van der Waals surface area contributed by atoms with Gasteiger partial charge in [-0.2, -0.15) is 0 Å². The van der Waals surface area contributed by atoms with E-state index in [4.69, 9.17) is 16.3 Å². The van der Waals surface area contributed by atoms with E-state index in [0.29, 0.717) is 22.8 Å². The molecule has 3 saturated heterocycles. The molecule has 1 aromatic rings. The zero-order valence-electron chi connectivity index (χ0n) is 14.9. The highest BCUT2D eigenvalue weighted by molar-refractivity contribution is 6.31. The van der Waals surface area contributed by atoms with Crippen LogP contribution in [0.15, 0.2) is 18.2 Å². The van der Waals surface area contributed by atoms with Crippen LogP contribution in [0.4, 0.5) is 5.69 Å². The summed E-state index contributed by atoms with van der Waals surface area (Å²) in [6.45, 7) is 1.19. The molecule has 27 heavy (non-hydrogen) atoms. The van der Waals surface area contributed by atoms with Crippen LogP contribution in [0.2, 0.25) is 5.02 Å². The first-order valence-electron chi connectivity index (χ1n) is 9.24. The summed E-state index contributed by atoms with van der Waals surface area (Å²) in [7, 11) is 1.54. The van der Waals surface area contributed by atoms with Crippen LogP contribution in [0, 0.1) is 11.8 Å². The maximum atomic E-state index is 13.3. The topological polar surface area (TPSA) is 78.9 Å². The Labute approximate surface area is 161 Å². The summed E-state index contributed by atoms with van der Waals surface area (Å²) in [4.78, 5) is 43.2. The highest BCUT2D eigenvalue weighted by atomic mass is 35.5. The quantitative estimate of drug-likeness (QED) is 0.786. The van der Waals surface area contributed by atoms with Crippen molar-refractivity contribution in [3.8, 4) is 0 Å². The lowest BCUT2D eigenvalue weighted by molar-refractivity contribution is -0.146. The number of nitrogens with one attached hydrogen (secondary N) is 1. The third kappa shape index (κ3) is 1.97. The van der Waals surface area contributed by atoms with E-state index >= 15 is 0 Å². The van der Waals surface area contributed by atoms with E-state index < -0.39 is 17.4 Å². The Kier molecular flexibility index (Phi) is 3.67. The summed E-state index contributed by atoms with van der Waals surface area (Å²) in [6, 6.07) is 5.16. The molecule has 4 atom stereocenters. The van der Waals surface area contributed by atoms with Crippen LogP contribution >= 0.6 is 11.6 Å². The van der Waals surface area contributed by atoms with E-state index in [-0.39, 0.29) is 36.9 Å². The maximum absolute atomic E-state index is 13.3. The number of rotatable bonds is 3. The molecule has 0 radical (unpaired) electrons. The van der Waals surface area contributed by atoms with Crippen LogP contribution in [0.5, 0.6) is 0 Å². The second-order valence-electron chi connectivity index (χ2n) is 7.64. The van der Waals surface area contributed by atoms with Gasteiger partial charge in [-0.15, -0.1) is 0 Å². The summed E-state index contributed by atoms with van der Waals surface area (Å²) in [6.07, 6.45) is 1.71. The number of hydrogen-bond acceptors (Lipinski definition) is 5. The number of fused-ring (bicyclic) bond motifs is 7. The van der Waals surface area contributed by atoms with E-state index in [1.54, 1.807) is 18.2 Å². The number of hydrogen-bond donors (Lipinski definition) is 1. The van der Waals surface area contributed by atoms with E-state index in [2.05, 4.69) is 10.2 Å². The first kappa shape index (κ1) is 17.2. The number of amides is 3. The number of benzene rings is 1. The number of carbonyl (C=O) groups excluding carboxylic acids is 3. The second-order valence-corrected chi connectivity index (χ2v) is 8.07. The Morgan fingerprint density at radius 2 is 2.11 bits per heavy atom. The molecule has 1 spiro atoms. The predicted octanol–water partition coefficient (Wildman–Crippen LogP) is 1.21. The molecule has 1 aromatic carbocycles. The Balaban J connectivity index is 1.69. The van der Waals surface area contributed by atoms with Gasteiger partial charge in [0.05, 0.1) is 25.0 Å². The molecule has 0 aromatic heterocycles. The average Bonchev–Trinajstić information content (AvgIpc) is 3.33. The fraction of sp³-hybridized carbons (Fsp3) is 0.526. The van der Waals surface area contributed by atoms with Gasteiger partial charge in [0.15, 0.2) is 0 Å². The van der Waals surface area contributed by atoms with E-state index in [9.17, 15) is 14.4 Å². The van der Waals surface area contributed by atoms with Crippen molar-refractivity contribution in [3.05, 3.63) is 28.8 Å². The zero-order valence-corrected chi connectivity index (χ0v) is 15.7. The van der Waals surface area contributed by atoms with Crippen molar-refractivity contribution in [1.82, 2.24) is 9.80 Å². The van der Waals surface area contributed by atoms with E-state index in [1.807, 2.05) is 0 Å². The van der Waals surface area contributed by atoms with Gasteiger partial charge in [0.25, 0.3) is 0 Å². The van der Waals surface area contributed by atoms with Crippen molar-refractivity contribution < 1.29 is 19.1 Å². The van der Waals surface area contributed by atoms with Crippen molar-refractivity contribution in [2.45, 2.75) is 24.4 Å². The van der Waals surface area contributed by atoms with Gasteiger partial charge in [0, 0.05) is 29.4 Å². The monoisotopic (exact) mass is 389 g/mol. The van der Waals surface area contributed by atoms with E-state index in [0.717, 1.165) is 12.8 Å². The van der Waals surface area contributed by atoms with Gasteiger partial charge in [0.1, 0.15) is 5.54 Å². The van der Waals surface area contributed by atoms with Crippen LogP contribution in [0.25, 0.3) is 0 Å². The minimum absolute atomic E-state index is 0.102. The molecule has 0 unspecified atom stereocenters. The molecular weight excluding hydrogens is 370 g/mol. The van der Waals surface area contributed by atoms with Crippen LogP contribution < -0.4 is 5.32 Å². The van der Waals surface area contributed by atoms with Gasteiger partial charge < -0.3 is 10.1 Å². The predicted molar refractivity (Wildman–Crippen MR) is 97.1 cm³/mol. The third-order valence-electron chi connectivity index (χ3n) is 6.56. The summed E-state index contributed by atoms with van der Waals surface area (Å²) in [5.74, 6) is -1.90. The maximum Gasteiger partial charge on any atom is 0.250 e. The molecule has 4 aliphatic heterocycles. The molecule has 0 saturated carbocycles. The summed E-state index contributed by atoms with van der Waals surface area (Å²) >= 11 is 6.24. The number of ether oxygens (including phenoxy) is 1. The molecule has 5 rings (SSSR count). The minimum atomic E-state index is -1.15. The van der Waals surface area contributed by atoms with Gasteiger partial charge in [-0.3, -0.25) is 24.2 Å². The smallest absolute Gasteiger partial charge is 0.250 e. The zero-order chi connectivity index (χ0) is 18.9. The summed E-state index contributed by atoms with van der Waals surface area (Å²) in [5, 5.41) is 3.44. The number of anilines is 1. The Bertz CT molecular complexity index is 875. The Hall–Kier alpha value is -1.96. The third-order valence-corrected chi connectivity index (χ3v) is 6.80. The van der Waals surface area contributed by atoms with Gasteiger partial charge in [-0.1, -0.05) is 11.6 Å². The molecule has 0 bridgehead atoms. The summed E-state index contributed by atoms with van der Waals surface area (Å²) in [5.41, 5.74) is 0.237. The molecule has 4 heterocycles. The van der Waals surface area contributed by atoms with Crippen LogP contribution in [0.3, 0.4) is 0 Å². The summed E-state index contributed by atoms with van der Waals surface area (Å²) < 4.78 is 5.07.